The molecular weight excluding hydrogens is 392 g/mol. The predicted molar refractivity (Wildman–Crippen MR) is 106 cm³/mol. The Morgan fingerprint density at radius 3 is 3.00 bits per heavy atom. The van der Waals surface area contributed by atoms with Crippen LogP contribution in [0.15, 0.2) is 47.3 Å². The van der Waals surface area contributed by atoms with Crippen molar-refractivity contribution in [1.82, 2.24) is 24.8 Å². The van der Waals surface area contributed by atoms with Crippen LogP contribution in [0.1, 0.15) is 47.1 Å². The molecule has 1 saturated heterocycles. The Balaban J connectivity index is 1.44. The molecule has 0 radical (unpaired) electrons. The van der Waals surface area contributed by atoms with Crippen LogP contribution >= 0.6 is 11.5 Å². The number of nitrogens with one attached hydrogen (secondary N) is 2. The first kappa shape index (κ1) is 19.1. The quantitative estimate of drug-likeness (QED) is 0.665. The van der Waals surface area contributed by atoms with Crippen LogP contribution in [0.3, 0.4) is 0 Å². The Kier molecular flexibility index (Phi) is 5.80. The molecule has 3 aromatic rings. The summed E-state index contributed by atoms with van der Waals surface area (Å²) < 4.78 is 9.03. The Labute approximate surface area is 171 Å². The van der Waals surface area contributed by atoms with Crippen molar-refractivity contribution in [2.45, 2.75) is 31.8 Å². The van der Waals surface area contributed by atoms with Gasteiger partial charge in [-0.1, -0.05) is 10.6 Å². The van der Waals surface area contributed by atoms with Crippen molar-refractivity contribution in [3.8, 4) is 0 Å². The van der Waals surface area contributed by atoms with E-state index in [0.29, 0.717) is 17.3 Å². The number of carbonyl (C=O) groups is 2. The van der Waals surface area contributed by atoms with Crippen LogP contribution in [0.25, 0.3) is 0 Å². The number of pyridine rings is 1. The molecule has 3 aromatic heterocycles. The fourth-order valence-electron chi connectivity index (χ4n) is 3.35. The van der Waals surface area contributed by atoms with E-state index in [1.165, 1.54) is 6.26 Å². The van der Waals surface area contributed by atoms with E-state index in [1.54, 1.807) is 29.4 Å². The van der Waals surface area contributed by atoms with Gasteiger partial charge in [0.25, 0.3) is 5.91 Å². The first-order chi connectivity index (χ1) is 14.2. The molecule has 1 aliphatic heterocycles. The van der Waals surface area contributed by atoms with E-state index in [9.17, 15) is 9.59 Å². The highest BCUT2D eigenvalue weighted by Crippen LogP contribution is 2.31. The van der Waals surface area contributed by atoms with Gasteiger partial charge in [0.1, 0.15) is 5.76 Å². The third-order valence-corrected chi connectivity index (χ3v) is 5.40. The number of anilines is 1. The lowest BCUT2D eigenvalue weighted by Crippen LogP contribution is -2.41. The van der Waals surface area contributed by atoms with E-state index >= 15 is 0 Å². The maximum absolute atomic E-state index is 13.0. The SMILES string of the molecule is O=C(NCc1ccco1)c1nnsc1NC(=O)N1CCCC[C@@H]1c1cccnc1. The normalized spacial score (nSPS) is 16.4. The molecule has 4 rings (SSSR count). The first-order valence-corrected chi connectivity index (χ1v) is 10.1. The zero-order valence-electron chi connectivity index (χ0n) is 15.6. The van der Waals surface area contributed by atoms with Crippen molar-refractivity contribution in [2.75, 3.05) is 11.9 Å². The summed E-state index contributed by atoms with van der Waals surface area (Å²) in [5, 5.41) is 9.72. The zero-order valence-corrected chi connectivity index (χ0v) is 16.4. The average molecular weight is 412 g/mol. The summed E-state index contributed by atoms with van der Waals surface area (Å²) in [5.74, 6) is 0.202. The molecular formula is C19H20N6O3S. The average Bonchev–Trinajstić information content (AvgIpc) is 3.45. The number of furan rings is 1. The highest BCUT2D eigenvalue weighted by Gasteiger charge is 2.29. The molecule has 9 nitrogen and oxygen atoms in total. The topological polar surface area (TPSA) is 113 Å². The van der Waals surface area contributed by atoms with Crippen LogP contribution in [0.4, 0.5) is 9.80 Å². The molecule has 2 N–H and O–H groups in total. The van der Waals surface area contributed by atoms with Crippen molar-refractivity contribution >= 4 is 28.5 Å². The highest BCUT2D eigenvalue weighted by molar-refractivity contribution is 7.10. The summed E-state index contributed by atoms with van der Waals surface area (Å²) in [5.41, 5.74) is 1.09. The summed E-state index contributed by atoms with van der Waals surface area (Å²) in [6, 6.07) is 7.03. The third-order valence-electron chi connectivity index (χ3n) is 4.76. The molecule has 0 aromatic carbocycles. The smallest absolute Gasteiger partial charge is 0.323 e. The number of piperidine rings is 1. The Morgan fingerprint density at radius 1 is 1.28 bits per heavy atom. The molecule has 1 fully saturated rings. The zero-order chi connectivity index (χ0) is 20.1. The van der Waals surface area contributed by atoms with Crippen molar-refractivity contribution in [3.05, 3.63) is 59.9 Å². The molecule has 1 aliphatic rings. The Hall–Kier alpha value is -3.27. The number of hydrogen-bond donors (Lipinski definition) is 2. The number of nitrogens with zero attached hydrogens (tertiary/aromatic N) is 4. The molecule has 150 valence electrons. The van der Waals surface area contributed by atoms with Gasteiger partial charge in [0.2, 0.25) is 0 Å². The number of aromatic nitrogens is 3. The molecule has 10 heteroatoms. The molecule has 3 amide bonds. The largest absolute Gasteiger partial charge is 0.467 e. The van der Waals surface area contributed by atoms with Gasteiger partial charge in [-0.15, -0.1) is 5.10 Å². The fraction of sp³-hybridized carbons (Fsp3) is 0.316. The van der Waals surface area contributed by atoms with Crippen LogP contribution in [-0.2, 0) is 6.54 Å². The lowest BCUT2D eigenvalue weighted by atomic mass is 9.97. The minimum atomic E-state index is -0.423. The second-order valence-electron chi connectivity index (χ2n) is 6.63. The predicted octanol–water partition coefficient (Wildman–Crippen LogP) is 3.22. The summed E-state index contributed by atoms with van der Waals surface area (Å²) in [6.07, 6.45) is 7.89. The number of likely N-dealkylation sites (tertiary alicyclic amines) is 1. The minimum absolute atomic E-state index is 0.0467. The van der Waals surface area contributed by atoms with Crippen LogP contribution in [0.2, 0.25) is 0 Å². The molecule has 1 atom stereocenters. The third kappa shape index (κ3) is 4.43. The van der Waals surface area contributed by atoms with E-state index in [-0.39, 0.29) is 24.3 Å². The molecule has 0 bridgehead atoms. The van der Waals surface area contributed by atoms with Crippen LogP contribution < -0.4 is 10.6 Å². The lowest BCUT2D eigenvalue weighted by molar-refractivity contribution is 0.0944. The van der Waals surface area contributed by atoms with Gasteiger partial charge in [0.15, 0.2) is 10.7 Å². The van der Waals surface area contributed by atoms with Crippen LogP contribution in [-0.4, -0.2) is 38.0 Å². The number of urea groups is 1. The van der Waals surface area contributed by atoms with Crippen molar-refractivity contribution in [2.24, 2.45) is 0 Å². The van der Waals surface area contributed by atoms with E-state index in [0.717, 1.165) is 36.4 Å². The van der Waals surface area contributed by atoms with Crippen LogP contribution in [0, 0.1) is 0 Å². The van der Waals surface area contributed by atoms with Gasteiger partial charge < -0.3 is 14.6 Å². The number of rotatable bonds is 5. The van der Waals surface area contributed by atoms with Gasteiger partial charge >= 0.3 is 6.03 Å². The molecule has 0 spiro atoms. The first-order valence-electron chi connectivity index (χ1n) is 9.33. The summed E-state index contributed by atoms with van der Waals surface area (Å²) >= 11 is 0.974. The van der Waals surface area contributed by atoms with E-state index < -0.39 is 5.91 Å². The van der Waals surface area contributed by atoms with Gasteiger partial charge in [-0.05, 0) is 43.0 Å². The van der Waals surface area contributed by atoms with Gasteiger partial charge in [-0.3, -0.25) is 15.1 Å². The Bertz CT molecular complexity index is 960. The summed E-state index contributed by atoms with van der Waals surface area (Å²) in [4.78, 5) is 31.4. The van der Waals surface area contributed by atoms with Crippen molar-refractivity contribution in [3.63, 3.8) is 0 Å². The summed E-state index contributed by atoms with van der Waals surface area (Å²) in [6.45, 7) is 0.865. The highest BCUT2D eigenvalue weighted by atomic mass is 32.1. The monoisotopic (exact) mass is 412 g/mol. The van der Waals surface area contributed by atoms with Gasteiger partial charge in [0, 0.05) is 30.5 Å². The maximum atomic E-state index is 13.0. The number of amides is 3. The van der Waals surface area contributed by atoms with Gasteiger partial charge in [-0.25, -0.2) is 4.79 Å². The van der Waals surface area contributed by atoms with E-state index in [1.807, 2.05) is 12.1 Å². The lowest BCUT2D eigenvalue weighted by Gasteiger charge is -2.35. The Morgan fingerprint density at radius 2 is 2.21 bits per heavy atom. The van der Waals surface area contributed by atoms with Crippen molar-refractivity contribution < 1.29 is 14.0 Å². The number of hydrogen-bond acceptors (Lipinski definition) is 7. The van der Waals surface area contributed by atoms with E-state index in [4.69, 9.17) is 4.42 Å². The maximum Gasteiger partial charge on any atom is 0.323 e. The molecule has 4 heterocycles. The molecule has 29 heavy (non-hydrogen) atoms. The standard InChI is InChI=1S/C19H20N6O3S/c26-17(21-12-14-6-4-10-28-14)16-18(29-24-23-16)22-19(27)25-9-2-1-7-15(25)13-5-3-8-20-11-13/h3-6,8,10-11,15H,1-2,7,9,12H2,(H,21,26)(H,22,27)/t15-/m1/s1. The second kappa shape index (κ2) is 8.82. The van der Waals surface area contributed by atoms with Gasteiger partial charge in [-0.2, -0.15) is 0 Å². The van der Waals surface area contributed by atoms with Crippen LogP contribution in [0.5, 0.6) is 0 Å². The second-order valence-corrected chi connectivity index (χ2v) is 7.39. The molecule has 0 unspecified atom stereocenters. The number of carbonyl (C=O) groups excluding carboxylic acids is 2. The summed E-state index contributed by atoms with van der Waals surface area (Å²) in [7, 11) is 0. The minimum Gasteiger partial charge on any atom is -0.467 e. The fourth-order valence-corrected chi connectivity index (χ4v) is 3.91. The van der Waals surface area contributed by atoms with Crippen molar-refractivity contribution in [1.29, 1.82) is 0 Å². The molecule has 0 aliphatic carbocycles. The van der Waals surface area contributed by atoms with Gasteiger partial charge in [0.05, 0.1) is 18.8 Å². The molecule has 0 saturated carbocycles. The van der Waals surface area contributed by atoms with E-state index in [2.05, 4.69) is 25.2 Å².